The van der Waals surface area contributed by atoms with E-state index in [0.717, 1.165) is 30.9 Å². The maximum atomic E-state index is 13.5. The van der Waals surface area contributed by atoms with E-state index in [1.54, 1.807) is 12.1 Å². The molecule has 1 unspecified atom stereocenters. The first-order valence-electron chi connectivity index (χ1n) is 8.97. The molecule has 1 aliphatic rings. The smallest absolute Gasteiger partial charge is 0.430 e. The van der Waals surface area contributed by atoms with E-state index in [2.05, 4.69) is 6.92 Å². The molecular weight excluding hydrogens is 381 g/mol. The average molecular weight is 405 g/mol. The van der Waals surface area contributed by atoms with Gasteiger partial charge in [0.25, 0.3) is 0 Å². The van der Waals surface area contributed by atoms with Crippen LogP contribution in [0.2, 0.25) is 5.02 Å². The van der Waals surface area contributed by atoms with Crippen LogP contribution in [0.25, 0.3) is 6.08 Å². The van der Waals surface area contributed by atoms with E-state index in [0.29, 0.717) is 10.6 Å². The topological polar surface area (TPSA) is 35.5 Å². The van der Waals surface area contributed by atoms with Gasteiger partial charge in [0.1, 0.15) is 5.75 Å². The van der Waals surface area contributed by atoms with Gasteiger partial charge in [0.15, 0.2) is 0 Å². The summed E-state index contributed by atoms with van der Waals surface area (Å²) in [4.78, 5) is 12.0. The minimum atomic E-state index is -4.74. The quantitative estimate of drug-likeness (QED) is 0.539. The number of hydrogen-bond donors (Lipinski definition) is 0. The van der Waals surface area contributed by atoms with Crippen molar-refractivity contribution in [1.29, 1.82) is 0 Å². The zero-order valence-electron chi connectivity index (χ0n) is 15.9. The molecule has 0 aliphatic carbocycles. The largest absolute Gasteiger partial charge is 0.475 e. The van der Waals surface area contributed by atoms with E-state index in [4.69, 9.17) is 21.1 Å². The molecule has 0 fully saturated rings. The summed E-state index contributed by atoms with van der Waals surface area (Å²) in [5.74, 6) is -0.983. The van der Waals surface area contributed by atoms with Crippen LogP contribution < -0.4 is 4.74 Å². The zero-order valence-corrected chi connectivity index (χ0v) is 16.6. The second kappa shape index (κ2) is 8.13. The molecule has 0 bridgehead atoms. The van der Waals surface area contributed by atoms with Crippen molar-refractivity contribution in [2.45, 2.75) is 64.7 Å². The lowest BCUT2D eigenvalue weighted by Crippen LogP contribution is -2.41. The number of unbranched alkanes of at least 4 members (excludes halogenated alkanes) is 1. The summed E-state index contributed by atoms with van der Waals surface area (Å²) in [5.41, 5.74) is 0.166. The summed E-state index contributed by atoms with van der Waals surface area (Å²) in [6.07, 6.45) is -3.13. The van der Waals surface area contributed by atoms with Crippen molar-refractivity contribution < 1.29 is 27.4 Å². The fraction of sp³-hybridized carbons (Fsp3) is 0.550. The molecule has 3 nitrogen and oxygen atoms in total. The van der Waals surface area contributed by atoms with Crippen molar-refractivity contribution in [2.75, 3.05) is 6.61 Å². The number of fused-ring (bicyclic) bond motifs is 1. The number of ether oxygens (including phenoxy) is 2. The third-order valence-corrected chi connectivity index (χ3v) is 4.94. The molecular formula is C20H24ClF3O3. The molecule has 2 rings (SSSR count). The Morgan fingerprint density at radius 3 is 2.48 bits per heavy atom. The van der Waals surface area contributed by atoms with Gasteiger partial charge in [0.2, 0.25) is 6.10 Å². The van der Waals surface area contributed by atoms with Crippen LogP contribution in [0.1, 0.15) is 58.1 Å². The number of esters is 1. The van der Waals surface area contributed by atoms with Gasteiger partial charge in [-0.1, -0.05) is 45.2 Å². The normalized spacial score (nSPS) is 17.0. The van der Waals surface area contributed by atoms with Gasteiger partial charge in [-0.15, -0.1) is 0 Å². The summed E-state index contributed by atoms with van der Waals surface area (Å²) < 4.78 is 50.4. The zero-order chi connectivity index (χ0) is 20.4. The number of carbonyl (C=O) groups is 1. The molecule has 0 spiro atoms. The van der Waals surface area contributed by atoms with Crippen LogP contribution >= 0.6 is 11.6 Å². The summed E-state index contributed by atoms with van der Waals surface area (Å²) in [6.45, 7) is 7.57. The molecule has 7 heteroatoms. The number of halogens is 4. The van der Waals surface area contributed by atoms with Crippen LogP contribution in [0, 0.1) is 0 Å². The summed E-state index contributed by atoms with van der Waals surface area (Å²) in [7, 11) is 0. The van der Waals surface area contributed by atoms with Gasteiger partial charge in [-0.3, -0.25) is 0 Å². The first kappa shape index (κ1) is 21.6. The fourth-order valence-electron chi connectivity index (χ4n) is 3.11. The SMILES string of the molecule is CCCCC(C)(C)c1cc2c(cc1Cl)C=C(C(=O)OCC)C(C(F)(F)F)O2. The Labute approximate surface area is 162 Å². The highest BCUT2D eigenvalue weighted by Gasteiger charge is 2.49. The molecule has 1 aliphatic heterocycles. The van der Waals surface area contributed by atoms with Gasteiger partial charge in [0, 0.05) is 10.6 Å². The first-order chi connectivity index (χ1) is 12.5. The van der Waals surface area contributed by atoms with Gasteiger partial charge in [0.05, 0.1) is 12.2 Å². The Hall–Kier alpha value is -1.69. The Kier molecular flexibility index (Phi) is 6.51. The lowest BCUT2D eigenvalue weighted by molar-refractivity contribution is -0.187. The molecule has 27 heavy (non-hydrogen) atoms. The van der Waals surface area contributed by atoms with Crippen LogP contribution in [0.4, 0.5) is 13.2 Å². The Morgan fingerprint density at radius 1 is 1.26 bits per heavy atom. The van der Waals surface area contributed by atoms with E-state index in [1.165, 1.54) is 6.92 Å². The second-order valence-electron chi connectivity index (χ2n) is 7.22. The van der Waals surface area contributed by atoms with E-state index in [-0.39, 0.29) is 17.8 Å². The Balaban J connectivity index is 2.52. The number of carbonyl (C=O) groups excluding carboxylic acids is 1. The van der Waals surface area contributed by atoms with Crippen molar-refractivity contribution in [3.05, 3.63) is 33.9 Å². The molecule has 150 valence electrons. The lowest BCUT2D eigenvalue weighted by atomic mass is 9.79. The molecule has 1 heterocycles. The molecule has 0 amide bonds. The van der Waals surface area contributed by atoms with E-state index in [1.807, 2.05) is 13.8 Å². The van der Waals surface area contributed by atoms with Gasteiger partial charge >= 0.3 is 12.1 Å². The maximum absolute atomic E-state index is 13.5. The highest BCUT2D eigenvalue weighted by molar-refractivity contribution is 6.31. The predicted octanol–water partition coefficient (Wildman–Crippen LogP) is 6.08. The van der Waals surface area contributed by atoms with Crippen molar-refractivity contribution in [3.8, 4) is 5.75 Å². The fourth-order valence-corrected chi connectivity index (χ4v) is 3.54. The number of rotatable bonds is 6. The highest BCUT2D eigenvalue weighted by Crippen LogP contribution is 2.43. The van der Waals surface area contributed by atoms with Crippen LogP contribution in [0.5, 0.6) is 5.75 Å². The third-order valence-electron chi connectivity index (χ3n) is 4.63. The third kappa shape index (κ3) is 4.78. The van der Waals surface area contributed by atoms with Crippen molar-refractivity contribution in [1.82, 2.24) is 0 Å². The summed E-state index contributed by atoms with van der Waals surface area (Å²) in [6, 6.07) is 3.11. The van der Waals surface area contributed by atoms with Gasteiger partial charge < -0.3 is 9.47 Å². The molecule has 0 saturated carbocycles. The van der Waals surface area contributed by atoms with Gasteiger partial charge in [-0.2, -0.15) is 13.2 Å². The van der Waals surface area contributed by atoms with Crippen LogP contribution in [-0.2, 0) is 14.9 Å². The Morgan fingerprint density at radius 2 is 1.93 bits per heavy atom. The molecule has 0 radical (unpaired) electrons. The van der Waals surface area contributed by atoms with E-state index < -0.39 is 23.8 Å². The molecule has 1 aromatic rings. The number of hydrogen-bond acceptors (Lipinski definition) is 3. The molecule has 0 saturated heterocycles. The maximum Gasteiger partial charge on any atom is 0.430 e. The van der Waals surface area contributed by atoms with E-state index >= 15 is 0 Å². The van der Waals surface area contributed by atoms with Crippen molar-refractivity contribution in [2.24, 2.45) is 0 Å². The molecule has 0 aromatic heterocycles. The predicted molar refractivity (Wildman–Crippen MR) is 99.1 cm³/mol. The number of alkyl halides is 3. The monoisotopic (exact) mass is 404 g/mol. The summed E-state index contributed by atoms with van der Waals surface area (Å²) >= 11 is 6.42. The molecule has 0 N–H and O–H groups in total. The minimum Gasteiger partial charge on any atom is -0.475 e. The highest BCUT2D eigenvalue weighted by atomic mass is 35.5. The summed E-state index contributed by atoms with van der Waals surface area (Å²) in [5, 5.41) is 0.434. The standard InChI is InChI=1S/C20H24ClF3O3/c1-5-7-8-19(3,4)14-11-16-12(10-15(14)21)9-13(18(25)26-6-2)17(27-16)20(22,23)24/h9-11,17H,5-8H2,1-4H3. The average Bonchev–Trinajstić information content (AvgIpc) is 2.57. The van der Waals surface area contributed by atoms with Crippen LogP contribution in [0.3, 0.4) is 0 Å². The van der Waals surface area contributed by atoms with E-state index in [9.17, 15) is 18.0 Å². The second-order valence-corrected chi connectivity index (χ2v) is 7.62. The van der Waals surface area contributed by atoms with Gasteiger partial charge in [-0.05, 0) is 42.5 Å². The molecule has 1 atom stereocenters. The van der Waals surface area contributed by atoms with Crippen molar-refractivity contribution in [3.63, 3.8) is 0 Å². The minimum absolute atomic E-state index is 0.0288. The Bertz CT molecular complexity index is 739. The number of benzene rings is 1. The lowest BCUT2D eigenvalue weighted by Gasteiger charge is -2.31. The van der Waals surface area contributed by atoms with Crippen molar-refractivity contribution >= 4 is 23.6 Å². The van der Waals surface area contributed by atoms with Gasteiger partial charge in [-0.25, -0.2) is 4.79 Å². The van der Waals surface area contributed by atoms with Crippen LogP contribution in [0.15, 0.2) is 17.7 Å². The first-order valence-corrected chi connectivity index (χ1v) is 9.35. The molecule has 1 aromatic carbocycles. The van der Waals surface area contributed by atoms with Crippen LogP contribution in [-0.4, -0.2) is 24.9 Å².